The van der Waals surface area contributed by atoms with Crippen LogP contribution in [0.4, 0.5) is 0 Å². The third kappa shape index (κ3) is 1.87. The molecule has 74 valence electrons. The smallest absolute Gasteiger partial charge is 0.328 e. The van der Waals surface area contributed by atoms with Gasteiger partial charge in [0.15, 0.2) is 0 Å². The topological polar surface area (TPSA) is 50.4 Å². The van der Waals surface area contributed by atoms with Gasteiger partial charge in [-0.2, -0.15) is 0 Å². The molecule has 1 aliphatic rings. The second-order valence-corrected chi connectivity index (χ2v) is 3.73. The van der Waals surface area contributed by atoms with Gasteiger partial charge in [0.25, 0.3) is 0 Å². The molecule has 3 heteroatoms. The highest BCUT2D eigenvalue weighted by Gasteiger charge is 2.36. The van der Waals surface area contributed by atoms with Crippen molar-refractivity contribution in [3.63, 3.8) is 0 Å². The van der Waals surface area contributed by atoms with Crippen LogP contribution in [0.3, 0.4) is 0 Å². The van der Waals surface area contributed by atoms with Crippen molar-refractivity contribution in [1.29, 1.82) is 0 Å². The first-order valence-electron chi connectivity index (χ1n) is 4.67. The van der Waals surface area contributed by atoms with E-state index >= 15 is 0 Å². The second kappa shape index (κ2) is 3.33. The number of carboxylic acid groups (broad SMARTS) is 1. The van der Waals surface area contributed by atoms with Crippen molar-refractivity contribution < 1.29 is 14.3 Å². The summed E-state index contributed by atoms with van der Waals surface area (Å²) in [6, 6.07) is 3.73. The van der Waals surface area contributed by atoms with Crippen LogP contribution in [0.2, 0.25) is 0 Å². The van der Waals surface area contributed by atoms with E-state index in [1.165, 1.54) is 12.5 Å². The maximum absolute atomic E-state index is 10.2. The highest BCUT2D eigenvalue weighted by Crippen LogP contribution is 2.47. The van der Waals surface area contributed by atoms with E-state index in [-0.39, 0.29) is 0 Å². The Labute approximate surface area is 82.0 Å². The first kappa shape index (κ1) is 9.06. The number of hydrogen-bond acceptors (Lipinski definition) is 2. The van der Waals surface area contributed by atoms with Gasteiger partial charge in [0.05, 0.1) is 0 Å². The summed E-state index contributed by atoms with van der Waals surface area (Å²) >= 11 is 0. The molecule has 1 saturated carbocycles. The van der Waals surface area contributed by atoms with E-state index in [1.807, 2.05) is 6.07 Å². The van der Waals surface area contributed by atoms with Gasteiger partial charge in [-0.15, -0.1) is 0 Å². The summed E-state index contributed by atoms with van der Waals surface area (Å²) in [5.74, 6) is 1.88. The predicted octanol–water partition coefficient (Wildman–Crippen LogP) is 2.50. The second-order valence-electron chi connectivity index (χ2n) is 3.73. The average Bonchev–Trinajstić information content (AvgIpc) is 2.68. The van der Waals surface area contributed by atoms with E-state index in [4.69, 9.17) is 9.52 Å². The summed E-state index contributed by atoms with van der Waals surface area (Å²) < 4.78 is 5.48. The van der Waals surface area contributed by atoms with Crippen molar-refractivity contribution in [2.75, 3.05) is 0 Å². The highest BCUT2D eigenvalue weighted by atomic mass is 16.4. The van der Waals surface area contributed by atoms with Crippen LogP contribution in [0.15, 0.2) is 22.6 Å². The molecular formula is C11H12O3. The average molecular weight is 192 g/mol. The Morgan fingerprint density at radius 2 is 2.36 bits per heavy atom. The Kier molecular flexibility index (Phi) is 2.15. The lowest BCUT2D eigenvalue weighted by molar-refractivity contribution is -0.131. The molecule has 1 fully saturated rings. The summed E-state index contributed by atoms with van der Waals surface area (Å²) in [5.41, 5.74) is 0. The van der Waals surface area contributed by atoms with Gasteiger partial charge in [0.2, 0.25) is 0 Å². The Bertz CT molecular complexity index is 376. The molecule has 1 heterocycles. The number of carbonyl (C=O) groups is 1. The summed E-state index contributed by atoms with van der Waals surface area (Å²) in [6.07, 6.45) is 3.73. The quantitative estimate of drug-likeness (QED) is 0.748. The lowest BCUT2D eigenvalue weighted by atomic mass is 10.3. The van der Waals surface area contributed by atoms with Gasteiger partial charge >= 0.3 is 5.97 Å². The van der Waals surface area contributed by atoms with Crippen molar-refractivity contribution >= 4 is 12.0 Å². The molecule has 0 amide bonds. The molecule has 3 nitrogen and oxygen atoms in total. The minimum Gasteiger partial charge on any atom is -0.478 e. The first-order chi connectivity index (χ1) is 6.66. The highest BCUT2D eigenvalue weighted by molar-refractivity contribution is 5.84. The molecule has 0 bridgehead atoms. The van der Waals surface area contributed by atoms with Gasteiger partial charge < -0.3 is 9.52 Å². The van der Waals surface area contributed by atoms with Gasteiger partial charge in [-0.3, -0.25) is 0 Å². The fraction of sp³-hybridized carbons (Fsp3) is 0.364. The van der Waals surface area contributed by atoms with Crippen molar-refractivity contribution in [3.05, 3.63) is 29.7 Å². The zero-order chi connectivity index (χ0) is 10.1. The van der Waals surface area contributed by atoms with Crippen molar-refractivity contribution in [1.82, 2.24) is 0 Å². The molecule has 0 aliphatic heterocycles. The summed E-state index contributed by atoms with van der Waals surface area (Å²) in [4.78, 5) is 10.2. The number of carboxylic acids is 1. The molecule has 0 aromatic carbocycles. The third-order valence-electron chi connectivity index (χ3n) is 2.51. The lowest BCUT2D eigenvalue weighted by Crippen LogP contribution is -1.84. The van der Waals surface area contributed by atoms with Crippen LogP contribution < -0.4 is 0 Å². The molecule has 2 unspecified atom stereocenters. The van der Waals surface area contributed by atoms with Gasteiger partial charge in [0.1, 0.15) is 11.5 Å². The zero-order valence-corrected chi connectivity index (χ0v) is 7.93. The molecule has 1 aromatic heterocycles. The Hall–Kier alpha value is -1.51. The normalized spacial score (nSPS) is 25.5. The van der Waals surface area contributed by atoms with E-state index < -0.39 is 5.97 Å². The van der Waals surface area contributed by atoms with Crippen LogP contribution in [0, 0.1) is 5.92 Å². The number of aliphatic carboxylic acids is 1. The summed E-state index contributed by atoms with van der Waals surface area (Å²) in [7, 11) is 0. The van der Waals surface area contributed by atoms with Crippen molar-refractivity contribution in [2.45, 2.75) is 19.3 Å². The molecule has 1 N–H and O–H groups in total. The van der Waals surface area contributed by atoms with Crippen LogP contribution in [0.25, 0.3) is 6.08 Å². The number of hydrogen-bond donors (Lipinski definition) is 1. The predicted molar refractivity (Wildman–Crippen MR) is 51.9 cm³/mol. The van der Waals surface area contributed by atoms with Crippen LogP contribution in [0.5, 0.6) is 0 Å². The lowest BCUT2D eigenvalue weighted by Gasteiger charge is -1.89. The van der Waals surface area contributed by atoms with Crippen molar-refractivity contribution in [3.8, 4) is 0 Å². The standard InChI is InChI=1S/C11H12O3/c1-7-6-9(7)10-4-2-8(14-10)3-5-11(12)13/h2-5,7,9H,6H2,1H3,(H,12,13). The fourth-order valence-corrected chi connectivity index (χ4v) is 1.53. The molecule has 0 radical (unpaired) electrons. The van der Waals surface area contributed by atoms with Crippen LogP contribution >= 0.6 is 0 Å². The maximum atomic E-state index is 10.2. The minimum atomic E-state index is -0.956. The minimum absolute atomic E-state index is 0.543. The summed E-state index contributed by atoms with van der Waals surface area (Å²) in [5, 5.41) is 8.42. The van der Waals surface area contributed by atoms with E-state index in [0.717, 1.165) is 11.8 Å². The largest absolute Gasteiger partial charge is 0.478 e. The molecule has 1 aromatic rings. The fourth-order valence-electron chi connectivity index (χ4n) is 1.53. The van der Waals surface area contributed by atoms with Gasteiger partial charge in [-0.25, -0.2) is 4.79 Å². The molecule has 0 spiro atoms. The van der Waals surface area contributed by atoms with E-state index in [2.05, 4.69) is 6.92 Å². The Balaban J connectivity index is 2.06. The van der Waals surface area contributed by atoms with Gasteiger partial charge in [-0.1, -0.05) is 6.92 Å². The van der Waals surface area contributed by atoms with Crippen LogP contribution in [-0.4, -0.2) is 11.1 Å². The molecule has 2 rings (SSSR count). The van der Waals surface area contributed by atoms with E-state index in [9.17, 15) is 4.79 Å². The monoisotopic (exact) mass is 192 g/mol. The van der Waals surface area contributed by atoms with Gasteiger partial charge in [-0.05, 0) is 30.5 Å². The van der Waals surface area contributed by atoms with E-state index in [1.54, 1.807) is 6.07 Å². The van der Waals surface area contributed by atoms with Crippen molar-refractivity contribution in [2.24, 2.45) is 5.92 Å². The molecule has 0 saturated heterocycles. The van der Waals surface area contributed by atoms with Crippen LogP contribution in [0.1, 0.15) is 30.8 Å². The van der Waals surface area contributed by atoms with Crippen LogP contribution in [-0.2, 0) is 4.79 Å². The SMILES string of the molecule is CC1CC1c1ccc(C=CC(=O)O)o1. The Morgan fingerprint density at radius 1 is 1.64 bits per heavy atom. The molecular weight excluding hydrogens is 180 g/mol. The third-order valence-corrected chi connectivity index (χ3v) is 2.51. The summed E-state index contributed by atoms with van der Waals surface area (Å²) in [6.45, 7) is 2.18. The molecule has 1 aliphatic carbocycles. The Morgan fingerprint density at radius 3 is 2.93 bits per heavy atom. The van der Waals surface area contributed by atoms with E-state index in [0.29, 0.717) is 17.6 Å². The zero-order valence-electron chi connectivity index (χ0n) is 7.93. The first-order valence-corrected chi connectivity index (χ1v) is 4.67. The maximum Gasteiger partial charge on any atom is 0.328 e. The molecule has 14 heavy (non-hydrogen) atoms. The number of furan rings is 1. The molecule has 2 atom stereocenters. The van der Waals surface area contributed by atoms with Gasteiger partial charge in [0, 0.05) is 12.0 Å². The number of rotatable bonds is 3.